The predicted octanol–water partition coefficient (Wildman–Crippen LogP) is 1.95. The van der Waals surface area contributed by atoms with Gasteiger partial charge in [-0.3, -0.25) is 0 Å². The van der Waals surface area contributed by atoms with E-state index in [4.69, 9.17) is 11.6 Å². The molecule has 0 spiro atoms. The van der Waals surface area contributed by atoms with Crippen LogP contribution in [0.4, 0.5) is 0 Å². The van der Waals surface area contributed by atoms with Gasteiger partial charge in [0.2, 0.25) is 11.5 Å². The minimum Gasteiger partial charge on any atom is -0.335 e. The van der Waals surface area contributed by atoms with Gasteiger partial charge in [-0.2, -0.15) is 0 Å². The van der Waals surface area contributed by atoms with Crippen molar-refractivity contribution in [2.45, 2.75) is 6.42 Å². The summed E-state index contributed by atoms with van der Waals surface area (Å²) in [5, 5.41) is 9.75. The van der Waals surface area contributed by atoms with Crippen molar-refractivity contribution in [3.05, 3.63) is 40.5 Å². The fourth-order valence-corrected chi connectivity index (χ4v) is 3.95. The first-order chi connectivity index (χ1) is 11.8. The van der Waals surface area contributed by atoms with Gasteiger partial charge in [-0.15, -0.1) is 0 Å². The zero-order valence-corrected chi connectivity index (χ0v) is 15.9. The summed E-state index contributed by atoms with van der Waals surface area (Å²) in [6, 6.07) is 6.61. The lowest BCUT2D eigenvalue weighted by molar-refractivity contribution is -0.430. The summed E-state index contributed by atoms with van der Waals surface area (Å²) in [6.45, 7) is 0.665. The van der Waals surface area contributed by atoms with E-state index in [0.29, 0.717) is 29.2 Å². The molecule has 1 aromatic carbocycles. The molecule has 0 saturated carbocycles. The molecule has 1 N–H and O–H groups in total. The second-order valence-electron chi connectivity index (χ2n) is 5.89. The number of nitrogens with zero attached hydrogens (tertiary/aromatic N) is 3. The van der Waals surface area contributed by atoms with Gasteiger partial charge >= 0.3 is 5.17 Å². The van der Waals surface area contributed by atoms with Crippen LogP contribution in [0.5, 0.6) is 0 Å². The second kappa shape index (κ2) is 8.09. The van der Waals surface area contributed by atoms with Crippen molar-refractivity contribution in [3.8, 4) is 0 Å². The molecule has 25 heavy (non-hydrogen) atoms. The quantitative estimate of drug-likeness (QED) is 0.349. The first-order valence-corrected chi connectivity index (χ1v) is 9.63. The molecule has 0 unspecified atom stereocenters. The summed E-state index contributed by atoms with van der Waals surface area (Å²) >= 11 is 5.86. The van der Waals surface area contributed by atoms with Gasteiger partial charge in [0, 0.05) is 10.6 Å². The fourth-order valence-electron chi connectivity index (χ4n) is 2.40. The largest absolute Gasteiger partial charge is 0.417 e. The Morgan fingerprint density at radius 3 is 2.52 bits per heavy atom. The normalized spacial score (nSPS) is 16.7. The Bertz CT molecular complexity index is 827. The minimum absolute atomic E-state index is 0.00820. The molecule has 0 aliphatic carbocycles. The van der Waals surface area contributed by atoms with Gasteiger partial charge in [-0.05, 0) is 56.3 Å². The van der Waals surface area contributed by atoms with Crippen molar-refractivity contribution in [2.75, 3.05) is 33.4 Å². The number of sulfone groups is 1. The standard InChI is InChI=1S/C16H20ClN3O4S/c1-19(2)9-4-10-25(22,23)16-18-11-14(20(16)3)15(24-21)12-5-7-13(17)8-6-12/h5-8,11H,4,9-10H2,1-3H3/p+1. The summed E-state index contributed by atoms with van der Waals surface area (Å²) in [6.07, 6.45) is 1.86. The third-order valence-electron chi connectivity index (χ3n) is 3.67. The summed E-state index contributed by atoms with van der Waals surface area (Å²) < 4.78 is 26.4. The number of halogens is 1. The number of rotatable bonds is 6. The highest BCUT2D eigenvalue weighted by Gasteiger charge is 2.36. The molecule has 0 aromatic heterocycles. The highest BCUT2D eigenvalue weighted by molar-refractivity contribution is 8.06. The van der Waals surface area contributed by atoms with Gasteiger partial charge < -0.3 is 9.79 Å². The minimum atomic E-state index is -3.54. The van der Waals surface area contributed by atoms with Crippen LogP contribution in [0.25, 0.3) is 5.76 Å². The van der Waals surface area contributed by atoms with Crippen molar-refractivity contribution in [2.24, 2.45) is 4.99 Å². The lowest BCUT2D eigenvalue weighted by atomic mass is 10.1. The van der Waals surface area contributed by atoms with E-state index in [2.05, 4.69) is 9.88 Å². The highest BCUT2D eigenvalue weighted by Crippen LogP contribution is 2.23. The van der Waals surface area contributed by atoms with E-state index < -0.39 is 9.84 Å². The lowest BCUT2D eigenvalue weighted by Gasteiger charge is -2.08. The zero-order chi connectivity index (χ0) is 18.6. The molecule has 0 saturated heterocycles. The van der Waals surface area contributed by atoms with Gasteiger partial charge in [0.25, 0.3) is 9.84 Å². The molecule has 7 nitrogen and oxygen atoms in total. The monoisotopic (exact) mass is 386 g/mol. The van der Waals surface area contributed by atoms with Gasteiger partial charge in [0.05, 0.1) is 12.8 Å². The van der Waals surface area contributed by atoms with Gasteiger partial charge in [-0.25, -0.2) is 18.3 Å². The zero-order valence-electron chi connectivity index (χ0n) is 14.3. The number of benzene rings is 1. The number of allylic oxidation sites excluding steroid dienone is 1. The van der Waals surface area contributed by atoms with Crippen molar-refractivity contribution in [3.63, 3.8) is 0 Å². The predicted molar refractivity (Wildman–Crippen MR) is 98.7 cm³/mol. The van der Waals surface area contributed by atoms with Crippen LogP contribution in [-0.4, -0.2) is 68.0 Å². The van der Waals surface area contributed by atoms with Crippen LogP contribution in [0.15, 0.2) is 35.0 Å². The van der Waals surface area contributed by atoms with Crippen molar-refractivity contribution >= 4 is 38.6 Å². The summed E-state index contributed by atoms with van der Waals surface area (Å²) in [5.41, 5.74) is 0.891. The third kappa shape index (κ3) is 4.66. The molecule has 1 aromatic rings. The van der Waals surface area contributed by atoms with Crippen LogP contribution in [0.1, 0.15) is 12.0 Å². The number of hydrogen-bond donors (Lipinski definition) is 1. The Hall–Kier alpha value is -1.74. The number of amidine groups is 1. The molecule has 0 bridgehead atoms. The maximum atomic E-state index is 12.5. The van der Waals surface area contributed by atoms with Gasteiger partial charge in [0.15, 0.2) is 6.21 Å². The molecule has 136 valence electrons. The van der Waals surface area contributed by atoms with Crippen LogP contribution in [-0.2, 0) is 14.7 Å². The molecule has 1 aliphatic rings. The second-order valence-corrected chi connectivity index (χ2v) is 8.33. The number of aliphatic imine (C=N–C) groups is 1. The molecule has 0 amide bonds. The average Bonchev–Trinajstić information content (AvgIpc) is 2.92. The molecule has 1 heterocycles. The third-order valence-corrected chi connectivity index (χ3v) is 5.69. The van der Waals surface area contributed by atoms with Crippen molar-refractivity contribution < 1.29 is 23.1 Å². The van der Waals surface area contributed by atoms with Crippen LogP contribution in [0.2, 0.25) is 5.02 Å². The molecular weight excluding hydrogens is 366 g/mol. The molecule has 2 rings (SSSR count). The molecule has 0 atom stereocenters. The van der Waals surface area contributed by atoms with E-state index in [1.165, 1.54) is 10.8 Å². The first-order valence-electron chi connectivity index (χ1n) is 7.60. The summed E-state index contributed by atoms with van der Waals surface area (Å²) in [4.78, 5) is 10.4. The Morgan fingerprint density at radius 1 is 1.32 bits per heavy atom. The van der Waals surface area contributed by atoms with Crippen LogP contribution in [0, 0.1) is 0 Å². The van der Waals surface area contributed by atoms with E-state index in [1.807, 2.05) is 19.0 Å². The van der Waals surface area contributed by atoms with Crippen LogP contribution in [0.3, 0.4) is 0 Å². The van der Waals surface area contributed by atoms with E-state index in [0.717, 1.165) is 0 Å². The molecule has 0 fully saturated rings. The van der Waals surface area contributed by atoms with E-state index >= 15 is 0 Å². The van der Waals surface area contributed by atoms with Crippen LogP contribution < -0.4 is 0 Å². The molecule has 9 heteroatoms. The Kier molecular flexibility index (Phi) is 6.34. The maximum absolute atomic E-state index is 12.5. The highest BCUT2D eigenvalue weighted by atomic mass is 35.5. The summed E-state index contributed by atoms with van der Waals surface area (Å²) in [5.74, 6) is 0.0903. The molecular formula is C16H21ClN3O4S+. The Balaban J connectivity index is 2.36. The van der Waals surface area contributed by atoms with Crippen molar-refractivity contribution in [1.82, 2.24) is 4.90 Å². The van der Waals surface area contributed by atoms with Crippen molar-refractivity contribution in [1.29, 1.82) is 0 Å². The van der Waals surface area contributed by atoms with E-state index in [9.17, 15) is 13.7 Å². The lowest BCUT2D eigenvalue weighted by Crippen LogP contribution is -2.25. The summed E-state index contributed by atoms with van der Waals surface area (Å²) in [7, 11) is 1.80. The van der Waals surface area contributed by atoms with Crippen LogP contribution >= 0.6 is 11.6 Å². The fraction of sp³-hybridized carbons (Fsp3) is 0.375. The molecule has 1 aliphatic heterocycles. The van der Waals surface area contributed by atoms with E-state index in [-0.39, 0.29) is 16.7 Å². The maximum Gasteiger partial charge on any atom is 0.417 e. The van der Waals surface area contributed by atoms with Gasteiger partial charge in [0.1, 0.15) is 0 Å². The first kappa shape index (κ1) is 19.6. The smallest absolute Gasteiger partial charge is 0.335 e. The Morgan fingerprint density at radius 2 is 1.96 bits per heavy atom. The van der Waals surface area contributed by atoms with E-state index in [1.54, 1.807) is 31.3 Å². The molecule has 0 radical (unpaired) electrons. The SMILES string of the molecule is CN(C)CCCS(=O)(=O)C1=[N+](C)C(=C(OO)c2ccc(Cl)cc2)C=N1. The average molecular weight is 387 g/mol. The Labute approximate surface area is 152 Å². The topological polar surface area (TPSA) is 82.2 Å². The van der Waals surface area contributed by atoms with Gasteiger partial charge in [-0.1, -0.05) is 11.6 Å². The number of hydrogen-bond acceptors (Lipinski definition) is 6.